The number of carbonyl (C=O) groups is 2. The zero-order chi connectivity index (χ0) is 20.7. The number of nitrogens with two attached hydrogens (primary N) is 1. The topological polar surface area (TPSA) is 125 Å². The molecule has 3 N–H and O–H groups in total. The van der Waals surface area contributed by atoms with E-state index in [-0.39, 0.29) is 17.2 Å². The quantitative estimate of drug-likeness (QED) is 0.644. The Kier molecular flexibility index (Phi) is 7.13. The van der Waals surface area contributed by atoms with Crippen LogP contribution in [0.15, 0.2) is 47.4 Å². The van der Waals surface area contributed by atoms with Crippen LogP contribution in [0.4, 0.5) is 5.69 Å². The third kappa shape index (κ3) is 6.07. The Hall–Kier alpha value is -2.91. The standard InChI is InChI=1S/C19H22N2O6S/c1-3-14-6-4-5-7-16(14)26-12-19(23)27-11-18(22)21-15-9-8-13(2)17(10-15)28(20,24)25/h4-10H,3,11-12H2,1-2H3,(H,21,22)(H2,20,24,25). The molecule has 0 aliphatic rings. The number of benzene rings is 2. The second kappa shape index (κ2) is 9.34. The van der Waals surface area contributed by atoms with Crippen LogP contribution in [0.25, 0.3) is 0 Å². The maximum Gasteiger partial charge on any atom is 0.344 e. The normalized spacial score (nSPS) is 11.0. The number of aryl methyl sites for hydroxylation is 2. The van der Waals surface area contributed by atoms with Crippen molar-refractivity contribution in [3.8, 4) is 5.75 Å². The highest BCUT2D eigenvalue weighted by molar-refractivity contribution is 7.89. The van der Waals surface area contributed by atoms with Crippen molar-refractivity contribution < 1.29 is 27.5 Å². The van der Waals surface area contributed by atoms with Crippen LogP contribution in [0.2, 0.25) is 0 Å². The van der Waals surface area contributed by atoms with E-state index in [9.17, 15) is 18.0 Å². The van der Waals surface area contributed by atoms with Crippen LogP contribution in [0, 0.1) is 6.92 Å². The molecule has 0 aliphatic heterocycles. The minimum atomic E-state index is -3.91. The SMILES string of the molecule is CCc1ccccc1OCC(=O)OCC(=O)Nc1ccc(C)c(S(N)(=O)=O)c1. The van der Waals surface area contributed by atoms with Crippen molar-refractivity contribution in [1.29, 1.82) is 0 Å². The molecular weight excluding hydrogens is 384 g/mol. The highest BCUT2D eigenvalue weighted by Crippen LogP contribution is 2.19. The monoisotopic (exact) mass is 406 g/mol. The molecule has 0 radical (unpaired) electrons. The average Bonchev–Trinajstić information content (AvgIpc) is 2.65. The molecule has 150 valence electrons. The predicted octanol–water partition coefficient (Wildman–Crippen LogP) is 1.77. The van der Waals surface area contributed by atoms with Crippen molar-refractivity contribution in [2.24, 2.45) is 5.14 Å². The molecule has 0 fully saturated rings. The first-order chi connectivity index (χ1) is 13.2. The lowest BCUT2D eigenvalue weighted by Gasteiger charge is -2.11. The summed E-state index contributed by atoms with van der Waals surface area (Å²) in [6, 6.07) is 11.6. The molecule has 0 unspecified atom stereocenters. The van der Waals surface area contributed by atoms with Crippen LogP contribution in [0.3, 0.4) is 0 Å². The van der Waals surface area contributed by atoms with Gasteiger partial charge in [0.25, 0.3) is 5.91 Å². The smallest absolute Gasteiger partial charge is 0.344 e. The van der Waals surface area contributed by atoms with Gasteiger partial charge in [0.05, 0.1) is 4.90 Å². The Balaban J connectivity index is 1.86. The first-order valence-electron chi connectivity index (χ1n) is 8.50. The summed E-state index contributed by atoms with van der Waals surface area (Å²) in [5.74, 6) is -0.733. The maximum absolute atomic E-state index is 11.9. The van der Waals surface area contributed by atoms with Gasteiger partial charge in [0.15, 0.2) is 13.2 Å². The number of rotatable bonds is 8. The zero-order valence-electron chi connectivity index (χ0n) is 15.6. The molecule has 0 spiro atoms. The Morgan fingerprint density at radius 3 is 2.50 bits per heavy atom. The predicted molar refractivity (Wildman–Crippen MR) is 103 cm³/mol. The second-order valence-corrected chi connectivity index (χ2v) is 7.51. The Morgan fingerprint density at radius 1 is 1.11 bits per heavy atom. The molecule has 0 atom stereocenters. The molecule has 2 rings (SSSR count). The van der Waals surface area contributed by atoms with E-state index in [0.717, 1.165) is 12.0 Å². The fourth-order valence-corrected chi connectivity index (χ4v) is 3.25. The number of amides is 1. The van der Waals surface area contributed by atoms with Crippen LogP contribution < -0.4 is 15.2 Å². The molecule has 0 saturated heterocycles. The van der Waals surface area contributed by atoms with Crippen LogP contribution in [0.5, 0.6) is 5.75 Å². The van der Waals surface area contributed by atoms with Gasteiger partial charge in [-0.2, -0.15) is 0 Å². The number of primary sulfonamides is 1. The Labute approximate surface area is 163 Å². The maximum atomic E-state index is 11.9. The molecule has 2 aromatic rings. The van der Waals surface area contributed by atoms with E-state index in [1.807, 2.05) is 19.1 Å². The third-order valence-electron chi connectivity index (χ3n) is 3.84. The molecule has 0 bridgehead atoms. The largest absolute Gasteiger partial charge is 0.482 e. The van der Waals surface area contributed by atoms with E-state index < -0.39 is 28.5 Å². The molecule has 8 nitrogen and oxygen atoms in total. The number of esters is 1. The number of para-hydroxylation sites is 1. The van der Waals surface area contributed by atoms with Gasteiger partial charge < -0.3 is 14.8 Å². The summed E-state index contributed by atoms with van der Waals surface area (Å²) in [4.78, 5) is 23.6. The van der Waals surface area contributed by atoms with Crippen LogP contribution in [0.1, 0.15) is 18.1 Å². The van der Waals surface area contributed by atoms with E-state index in [4.69, 9.17) is 14.6 Å². The van der Waals surface area contributed by atoms with Crippen molar-refractivity contribution in [2.45, 2.75) is 25.2 Å². The van der Waals surface area contributed by atoms with E-state index in [1.54, 1.807) is 19.1 Å². The van der Waals surface area contributed by atoms with Gasteiger partial charge in [0.1, 0.15) is 5.75 Å². The van der Waals surface area contributed by atoms with Crippen LogP contribution >= 0.6 is 0 Å². The number of hydrogen-bond acceptors (Lipinski definition) is 6. The Bertz CT molecular complexity index is 972. The number of carbonyl (C=O) groups excluding carboxylic acids is 2. The van der Waals surface area contributed by atoms with Gasteiger partial charge in [-0.25, -0.2) is 18.4 Å². The third-order valence-corrected chi connectivity index (χ3v) is 4.89. The molecule has 0 aromatic heterocycles. The summed E-state index contributed by atoms with van der Waals surface area (Å²) in [6.45, 7) is 2.70. The van der Waals surface area contributed by atoms with Crippen molar-refractivity contribution in [2.75, 3.05) is 18.5 Å². The summed E-state index contributed by atoms with van der Waals surface area (Å²) in [5.41, 5.74) is 1.64. The summed E-state index contributed by atoms with van der Waals surface area (Å²) >= 11 is 0. The molecule has 28 heavy (non-hydrogen) atoms. The number of nitrogens with one attached hydrogen (secondary N) is 1. The van der Waals surface area contributed by atoms with E-state index in [2.05, 4.69) is 5.32 Å². The highest BCUT2D eigenvalue weighted by Gasteiger charge is 2.14. The van der Waals surface area contributed by atoms with Gasteiger partial charge in [0.2, 0.25) is 10.0 Å². The first kappa shape index (κ1) is 21.4. The van der Waals surface area contributed by atoms with E-state index in [0.29, 0.717) is 11.3 Å². The van der Waals surface area contributed by atoms with Gasteiger partial charge in [0, 0.05) is 5.69 Å². The minimum absolute atomic E-state index is 0.0923. The molecule has 0 aliphatic carbocycles. The van der Waals surface area contributed by atoms with Crippen LogP contribution in [-0.2, 0) is 30.8 Å². The van der Waals surface area contributed by atoms with Crippen molar-refractivity contribution in [3.05, 3.63) is 53.6 Å². The number of hydrogen-bond donors (Lipinski definition) is 2. The van der Waals surface area contributed by atoms with E-state index in [1.165, 1.54) is 18.2 Å². The molecular formula is C19H22N2O6S. The molecule has 2 aromatic carbocycles. The van der Waals surface area contributed by atoms with Gasteiger partial charge in [-0.15, -0.1) is 0 Å². The zero-order valence-corrected chi connectivity index (χ0v) is 16.4. The van der Waals surface area contributed by atoms with Gasteiger partial charge in [-0.3, -0.25) is 4.79 Å². The van der Waals surface area contributed by atoms with Crippen molar-refractivity contribution in [1.82, 2.24) is 0 Å². The van der Waals surface area contributed by atoms with Gasteiger partial charge in [-0.1, -0.05) is 31.2 Å². The molecule has 9 heteroatoms. The summed E-state index contributed by atoms with van der Waals surface area (Å²) in [6.07, 6.45) is 0.755. The lowest BCUT2D eigenvalue weighted by atomic mass is 10.1. The van der Waals surface area contributed by atoms with Crippen LogP contribution in [-0.4, -0.2) is 33.5 Å². The Morgan fingerprint density at radius 2 is 1.82 bits per heavy atom. The molecule has 0 saturated carbocycles. The fourth-order valence-electron chi connectivity index (χ4n) is 2.44. The van der Waals surface area contributed by atoms with Crippen molar-refractivity contribution >= 4 is 27.6 Å². The lowest BCUT2D eigenvalue weighted by Crippen LogP contribution is -2.24. The summed E-state index contributed by atoms with van der Waals surface area (Å²) in [5, 5.41) is 7.59. The highest BCUT2D eigenvalue weighted by atomic mass is 32.2. The van der Waals surface area contributed by atoms with Gasteiger partial charge in [-0.05, 0) is 42.7 Å². The number of anilines is 1. The second-order valence-electron chi connectivity index (χ2n) is 5.98. The first-order valence-corrected chi connectivity index (χ1v) is 10.0. The van der Waals surface area contributed by atoms with Crippen molar-refractivity contribution in [3.63, 3.8) is 0 Å². The average molecular weight is 406 g/mol. The number of sulfonamides is 1. The molecule has 1 amide bonds. The molecule has 0 heterocycles. The lowest BCUT2D eigenvalue weighted by molar-refractivity contribution is -0.149. The van der Waals surface area contributed by atoms with Gasteiger partial charge >= 0.3 is 5.97 Å². The van der Waals surface area contributed by atoms with E-state index >= 15 is 0 Å². The summed E-state index contributed by atoms with van der Waals surface area (Å²) < 4.78 is 33.3. The number of ether oxygens (including phenoxy) is 2. The minimum Gasteiger partial charge on any atom is -0.482 e. The summed E-state index contributed by atoms with van der Waals surface area (Å²) in [7, 11) is -3.91. The fraction of sp³-hybridized carbons (Fsp3) is 0.263.